The summed E-state index contributed by atoms with van der Waals surface area (Å²) in [5.74, 6) is 0.201. The normalized spacial score (nSPS) is 19.4. The molecule has 0 spiro atoms. The molecular formula is C20H28BrNO3. The Bertz CT molecular complexity index is 694. The average molecular weight is 410 g/mol. The number of benzene rings is 1. The van der Waals surface area contributed by atoms with Gasteiger partial charge >= 0.3 is 6.09 Å². The molecule has 1 aliphatic rings. The number of hydrogen-bond donors (Lipinski definition) is 0. The molecule has 1 heterocycles. The maximum absolute atomic E-state index is 13.0. The van der Waals surface area contributed by atoms with E-state index in [0.29, 0.717) is 6.61 Å². The Morgan fingerprint density at radius 1 is 1.28 bits per heavy atom. The van der Waals surface area contributed by atoms with Crippen LogP contribution in [0.5, 0.6) is 0 Å². The summed E-state index contributed by atoms with van der Waals surface area (Å²) in [6.07, 6.45) is -0.454. The SMILES string of the molecule is CC(C)COC(=O)N1c2c(C(C)C)cc(Br)cc2C(C)C(=O)C1(C)C. The van der Waals surface area contributed by atoms with Gasteiger partial charge in [0.05, 0.1) is 12.3 Å². The van der Waals surface area contributed by atoms with Crippen LogP contribution in [-0.4, -0.2) is 24.0 Å². The minimum absolute atomic E-state index is 0.0225. The first-order valence-corrected chi connectivity index (χ1v) is 9.62. The molecule has 0 aromatic heterocycles. The lowest BCUT2D eigenvalue weighted by Gasteiger charge is -2.45. The molecule has 1 aromatic carbocycles. The van der Waals surface area contributed by atoms with E-state index in [1.807, 2.05) is 32.9 Å². The lowest BCUT2D eigenvalue weighted by molar-refractivity contribution is -0.124. The third kappa shape index (κ3) is 3.62. The molecule has 2 rings (SSSR count). The predicted molar refractivity (Wildman–Crippen MR) is 104 cm³/mol. The van der Waals surface area contributed by atoms with Crippen molar-refractivity contribution >= 4 is 33.5 Å². The van der Waals surface area contributed by atoms with Crippen LogP contribution >= 0.6 is 15.9 Å². The van der Waals surface area contributed by atoms with Crippen molar-refractivity contribution in [3.63, 3.8) is 0 Å². The van der Waals surface area contributed by atoms with Crippen molar-refractivity contribution < 1.29 is 14.3 Å². The van der Waals surface area contributed by atoms with Gasteiger partial charge in [-0.1, -0.05) is 50.5 Å². The molecule has 0 aliphatic carbocycles. The van der Waals surface area contributed by atoms with Crippen molar-refractivity contribution in [3.05, 3.63) is 27.7 Å². The summed E-state index contributed by atoms with van der Waals surface area (Å²) in [6.45, 7) is 14.0. The van der Waals surface area contributed by atoms with Crippen molar-refractivity contribution in [1.29, 1.82) is 0 Å². The van der Waals surface area contributed by atoms with E-state index >= 15 is 0 Å². The summed E-state index contributed by atoms with van der Waals surface area (Å²) >= 11 is 3.55. The topological polar surface area (TPSA) is 46.6 Å². The van der Waals surface area contributed by atoms with Crippen LogP contribution in [0.4, 0.5) is 10.5 Å². The number of fused-ring (bicyclic) bond motifs is 1. The number of carbonyl (C=O) groups is 2. The number of carbonyl (C=O) groups excluding carboxylic acids is 2. The van der Waals surface area contributed by atoms with Gasteiger partial charge in [0.25, 0.3) is 0 Å². The standard InChI is InChI=1S/C20H28BrNO3/c1-11(2)10-25-19(24)22-17-15(12(3)4)8-14(21)9-16(17)13(5)18(23)20(22,6)7/h8-9,11-13H,10H2,1-7H3. The molecule has 1 atom stereocenters. The number of anilines is 1. The molecule has 1 aromatic rings. The van der Waals surface area contributed by atoms with Gasteiger partial charge in [0.2, 0.25) is 0 Å². The highest BCUT2D eigenvalue weighted by molar-refractivity contribution is 9.10. The van der Waals surface area contributed by atoms with Crippen molar-refractivity contribution in [3.8, 4) is 0 Å². The molecule has 0 saturated heterocycles. The monoisotopic (exact) mass is 409 g/mol. The summed E-state index contributed by atoms with van der Waals surface area (Å²) in [5.41, 5.74) is 1.80. The lowest BCUT2D eigenvalue weighted by Crippen LogP contribution is -2.58. The smallest absolute Gasteiger partial charge is 0.415 e. The Labute approximate surface area is 159 Å². The molecule has 0 saturated carbocycles. The number of amides is 1. The Morgan fingerprint density at radius 3 is 2.40 bits per heavy atom. The Kier molecular flexibility index (Phi) is 5.67. The highest BCUT2D eigenvalue weighted by Crippen LogP contribution is 2.46. The molecule has 0 radical (unpaired) electrons. The summed E-state index contributed by atoms with van der Waals surface area (Å²) in [7, 11) is 0. The number of nitrogens with zero attached hydrogens (tertiary/aromatic N) is 1. The van der Waals surface area contributed by atoms with E-state index < -0.39 is 11.6 Å². The molecule has 0 fully saturated rings. The Morgan fingerprint density at radius 2 is 1.88 bits per heavy atom. The van der Waals surface area contributed by atoms with Crippen LogP contribution in [0.15, 0.2) is 16.6 Å². The fourth-order valence-corrected chi connectivity index (χ4v) is 3.85. The highest BCUT2D eigenvalue weighted by atomic mass is 79.9. The number of Topliss-reactive ketones (excluding diaryl/α,β-unsaturated/α-hetero) is 1. The number of ether oxygens (including phenoxy) is 1. The Balaban J connectivity index is 2.68. The molecule has 1 unspecified atom stereocenters. The van der Waals surface area contributed by atoms with Gasteiger partial charge in [-0.15, -0.1) is 0 Å². The zero-order chi connectivity index (χ0) is 19.1. The molecule has 25 heavy (non-hydrogen) atoms. The van der Waals surface area contributed by atoms with Crippen LogP contribution in [0.2, 0.25) is 0 Å². The van der Waals surface area contributed by atoms with Gasteiger partial charge in [-0.05, 0) is 48.9 Å². The van der Waals surface area contributed by atoms with Gasteiger partial charge < -0.3 is 4.74 Å². The largest absolute Gasteiger partial charge is 0.449 e. The van der Waals surface area contributed by atoms with E-state index in [1.165, 1.54) is 0 Å². The molecule has 138 valence electrons. The zero-order valence-corrected chi connectivity index (χ0v) is 17.7. The van der Waals surface area contributed by atoms with Crippen LogP contribution in [0, 0.1) is 5.92 Å². The molecule has 4 nitrogen and oxygen atoms in total. The minimum Gasteiger partial charge on any atom is -0.449 e. The van der Waals surface area contributed by atoms with Gasteiger partial charge in [0.15, 0.2) is 5.78 Å². The van der Waals surface area contributed by atoms with Crippen molar-refractivity contribution in [2.24, 2.45) is 5.92 Å². The van der Waals surface area contributed by atoms with E-state index in [2.05, 4.69) is 29.8 Å². The number of halogens is 1. The summed E-state index contributed by atoms with van der Waals surface area (Å²) in [6, 6.07) is 3.98. The van der Waals surface area contributed by atoms with Crippen LogP contribution in [0.1, 0.15) is 71.4 Å². The fourth-order valence-electron chi connectivity index (χ4n) is 3.35. The van der Waals surface area contributed by atoms with Crippen LogP contribution in [-0.2, 0) is 9.53 Å². The van der Waals surface area contributed by atoms with Gasteiger partial charge in [-0.3, -0.25) is 9.69 Å². The molecule has 1 amide bonds. The first kappa shape index (κ1) is 20.0. The quantitative estimate of drug-likeness (QED) is 0.648. The minimum atomic E-state index is -0.946. The number of ketones is 1. The molecular weight excluding hydrogens is 382 g/mol. The summed E-state index contributed by atoms with van der Waals surface area (Å²) < 4.78 is 6.43. The average Bonchev–Trinajstić information content (AvgIpc) is 2.50. The lowest BCUT2D eigenvalue weighted by atomic mass is 9.77. The zero-order valence-electron chi connectivity index (χ0n) is 16.1. The first-order chi connectivity index (χ1) is 11.5. The summed E-state index contributed by atoms with van der Waals surface area (Å²) in [5, 5.41) is 0. The van der Waals surface area contributed by atoms with Crippen LogP contribution < -0.4 is 4.90 Å². The van der Waals surface area contributed by atoms with Crippen molar-refractivity contribution in [1.82, 2.24) is 0 Å². The highest BCUT2D eigenvalue weighted by Gasteiger charge is 2.48. The van der Waals surface area contributed by atoms with E-state index in [9.17, 15) is 9.59 Å². The van der Waals surface area contributed by atoms with Crippen molar-refractivity contribution in [2.45, 2.75) is 65.8 Å². The second-order valence-electron chi connectivity index (χ2n) is 8.04. The Hall–Kier alpha value is -1.36. The van der Waals surface area contributed by atoms with E-state index in [-0.39, 0.29) is 23.5 Å². The number of hydrogen-bond acceptors (Lipinski definition) is 3. The summed E-state index contributed by atoms with van der Waals surface area (Å²) in [4.78, 5) is 27.5. The second kappa shape index (κ2) is 7.10. The van der Waals surface area contributed by atoms with E-state index in [0.717, 1.165) is 21.3 Å². The van der Waals surface area contributed by atoms with Gasteiger partial charge in [0, 0.05) is 10.4 Å². The fraction of sp³-hybridized carbons (Fsp3) is 0.600. The number of rotatable bonds is 3. The molecule has 0 N–H and O–H groups in total. The molecule has 1 aliphatic heterocycles. The van der Waals surface area contributed by atoms with Crippen molar-refractivity contribution in [2.75, 3.05) is 11.5 Å². The van der Waals surface area contributed by atoms with Gasteiger partial charge in [-0.25, -0.2) is 4.79 Å². The third-order valence-electron chi connectivity index (χ3n) is 4.72. The van der Waals surface area contributed by atoms with Crippen LogP contribution in [0.3, 0.4) is 0 Å². The van der Waals surface area contributed by atoms with Crippen LogP contribution in [0.25, 0.3) is 0 Å². The van der Waals surface area contributed by atoms with E-state index in [4.69, 9.17) is 4.74 Å². The third-order valence-corrected chi connectivity index (χ3v) is 5.18. The second-order valence-corrected chi connectivity index (χ2v) is 8.95. The predicted octanol–water partition coefficient (Wildman–Crippen LogP) is 5.64. The molecule has 5 heteroatoms. The maximum atomic E-state index is 13.0. The van der Waals surface area contributed by atoms with E-state index in [1.54, 1.807) is 18.7 Å². The van der Waals surface area contributed by atoms with Gasteiger partial charge in [0.1, 0.15) is 5.54 Å². The molecule has 0 bridgehead atoms. The van der Waals surface area contributed by atoms with Gasteiger partial charge in [-0.2, -0.15) is 0 Å². The maximum Gasteiger partial charge on any atom is 0.415 e. The first-order valence-electron chi connectivity index (χ1n) is 8.83.